The molecule has 0 fully saturated rings. The van der Waals surface area contributed by atoms with Gasteiger partial charge in [0.2, 0.25) is 0 Å². The third-order valence-corrected chi connectivity index (χ3v) is 3.08. The van der Waals surface area contributed by atoms with Crippen LogP contribution in [-0.4, -0.2) is 5.91 Å². The molecule has 2 aromatic rings. The quantitative estimate of drug-likeness (QED) is 0.840. The minimum atomic E-state index is -0.340. The number of carbonyl (C=O) groups is 1. The molecule has 0 bridgehead atoms. The van der Waals surface area contributed by atoms with Gasteiger partial charge in [-0.3, -0.25) is 4.79 Å². The first-order valence-electron chi connectivity index (χ1n) is 5.82. The van der Waals surface area contributed by atoms with E-state index in [9.17, 15) is 9.18 Å². The number of nitrogens with one attached hydrogen (secondary N) is 1. The average Bonchev–Trinajstić information content (AvgIpc) is 2.43. The van der Waals surface area contributed by atoms with Crippen LogP contribution < -0.4 is 5.32 Å². The van der Waals surface area contributed by atoms with Crippen LogP contribution in [0, 0.1) is 12.7 Å². The van der Waals surface area contributed by atoms with E-state index in [0.717, 1.165) is 5.56 Å². The van der Waals surface area contributed by atoms with Crippen molar-refractivity contribution in [1.82, 2.24) is 0 Å². The predicted molar refractivity (Wildman–Crippen MR) is 75.1 cm³/mol. The molecule has 0 aliphatic rings. The van der Waals surface area contributed by atoms with Crippen molar-refractivity contribution in [2.45, 2.75) is 12.8 Å². The van der Waals surface area contributed by atoms with E-state index in [-0.39, 0.29) is 11.7 Å². The van der Waals surface area contributed by atoms with Crippen molar-refractivity contribution < 1.29 is 9.18 Å². The summed E-state index contributed by atoms with van der Waals surface area (Å²) in [5.74, 6) is -0.275. The first kappa shape index (κ1) is 13.6. The van der Waals surface area contributed by atoms with Crippen molar-refractivity contribution >= 4 is 23.2 Å². The molecule has 1 amide bonds. The fourth-order valence-corrected chi connectivity index (χ4v) is 1.84. The normalized spacial score (nSPS) is 10.3. The van der Waals surface area contributed by atoms with E-state index in [1.54, 1.807) is 37.3 Å². The zero-order chi connectivity index (χ0) is 13.8. The monoisotopic (exact) mass is 277 g/mol. The fraction of sp³-hybridized carbons (Fsp3) is 0.133. The van der Waals surface area contributed by atoms with E-state index >= 15 is 0 Å². The molecule has 0 spiro atoms. The van der Waals surface area contributed by atoms with Gasteiger partial charge >= 0.3 is 0 Å². The molecule has 2 nitrogen and oxygen atoms in total. The number of amides is 1. The van der Waals surface area contributed by atoms with Crippen molar-refractivity contribution in [2.24, 2.45) is 0 Å². The number of benzene rings is 2. The molecule has 0 unspecified atom stereocenters. The zero-order valence-electron chi connectivity index (χ0n) is 10.4. The molecular formula is C15H13ClFNO. The van der Waals surface area contributed by atoms with E-state index in [1.165, 1.54) is 6.07 Å². The van der Waals surface area contributed by atoms with E-state index in [2.05, 4.69) is 5.32 Å². The van der Waals surface area contributed by atoms with Gasteiger partial charge in [0.25, 0.3) is 5.91 Å². The Balaban J connectivity index is 2.18. The van der Waals surface area contributed by atoms with Crippen LogP contribution in [-0.2, 0) is 5.88 Å². The third-order valence-electron chi connectivity index (χ3n) is 2.77. The van der Waals surface area contributed by atoms with Crippen LogP contribution in [0.5, 0.6) is 0 Å². The van der Waals surface area contributed by atoms with E-state index < -0.39 is 0 Å². The molecular weight excluding hydrogens is 265 g/mol. The van der Waals surface area contributed by atoms with Crippen LogP contribution in [0.2, 0.25) is 0 Å². The number of hydrogen-bond acceptors (Lipinski definition) is 1. The summed E-state index contributed by atoms with van der Waals surface area (Å²) < 4.78 is 13.4. The molecule has 2 rings (SSSR count). The lowest BCUT2D eigenvalue weighted by Crippen LogP contribution is -2.12. The summed E-state index contributed by atoms with van der Waals surface area (Å²) in [4.78, 5) is 12.0. The van der Waals surface area contributed by atoms with Crippen molar-refractivity contribution in [2.75, 3.05) is 5.32 Å². The Hall–Kier alpha value is -1.87. The molecule has 19 heavy (non-hydrogen) atoms. The number of hydrogen-bond donors (Lipinski definition) is 1. The molecule has 0 saturated heterocycles. The first-order chi connectivity index (χ1) is 9.10. The van der Waals surface area contributed by atoms with E-state index in [0.29, 0.717) is 22.7 Å². The largest absolute Gasteiger partial charge is 0.322 e. The lowest BCUT2D eigenvalue weighted by atomic mass is 10.1. The third kappa shape index (κ3) is 3.32. The molecule has 0 aliphatic carbocycles. The van der Waals surface area contributed by atoms with Gasteiger partial charge in [-0.1, -0.05) is 18.2 Å². The Morgan fingerprint density at radius 1 is 1.26 bits per heavy atom. The molecule has 0 aromatic heterocycles. The molecule has 0 aliphatic heterocycles. The van der Waals surface area contributed by atoms with Crippen molar-refractivity contribution in [1.29, 1.82) is 0 Å². The molecule has 1 N–H and O–H groups in total. The summed E-state index contributed by atoms with van der Waals surface area (Å²) in [5.41, 5.74) is 2.34. The number of carbonyl (C=O) groups excluding carboxylic acids is 1. The van der Waals surface area contributed by atoms with Crippen LogP contribution >= 0.6 is 11.6 Å². The summed E-state index contributed by atoms with van der Waals surface area (Å²) >= 11 is 5.72. The molecule has 0 saturated carbocycles. The zero-order valence-corrected chi connectivity index (χ0v) is 11.2. The van der Waals surface area contributed by atoms with Gasteiger partial charge in [0.15, 0.2) is 0 Å². The van der Waals surface area contributed by atoms with Gasteiger partial charge in [-0.2, -0.15) is 0 Å². The molecule has 4 heteroatoms. The van der Waals surface area contributed by atoms with Crippen LogP contribution in [0.15, 0.2) is 42.5 Å². The second-order valence-electron chi connectivity index (χ2n) is 4.25. The summed E-state index contributed by atoms with van der Waals surface area (Å²) in [6, 6.07) is 11.6. The highest BCUT2D eigenvalue weighted by molar-refractivity contribution is 6.17. The average molecular weight is 278 g/mol. The van der Waals surface area contributed by atoms with Gasteiger partial charge in [-0.25, -0.2) is 4.39 Å². The summed E-state index contributed by atoms with van der Waals surface area (Å²) in [5, 5.41) is 2.66. The number of aryl methyl sites for hydroxylation is 1. The summed E-state index contributed by atoms with van der Waals surface area (Å²) in [6.07, 6.45) is 0. The maximum Gasteiger partial charge on any atom is 0.255 e. The van der Waals surface area contributed by atoms with Gasteiger partial charge in [0.1, 0.15) is 5.82 Å². The molecule has 2 aromatic carbocycles. The minimum absolute atomic E-state index is 0.282. The maximum atomic E-state index is 13.4. The van der Waals surface area contributed by atoms with Gasteiger partial charge in [-0.05, 0) is 42.3 Å². The van der Waals surface area contributed by atoms with E-state index in [4.69, 9.17) is 11.6 Å². The Morgan fingerprint density at radius 2 is 2.05 bits per heavy atom. The fourth-order valence-electron chi connectivity index (χ4n) is 1.67. The molecule has 0 atom stereocenters. The Labute approximate surface area is 116 Å². The SMILES string of the molecule is Cc1ccc(NC(=O)c2cccc(CCl)c2)cc1F. The van der Waals surface area contributed by atoms with Gasteiger partial charge in [-0.15, -0.1) is 11.6 Å². The Bertz CT molecular complexity index is 613. The van der Waals surface area contributed by atoms with E-state index in [1.807, 2.05) is 6.07 Å². The van der Waals surface area contributed by atoms with Gasteiger partial charge < -0.3 is 5.32 Å². The standard InChI is InChI=1S/C15H13ClFNO/c1-10-5-6-13(8-14(10)17)18-15(19)12-4-2-3-11(7-12)9-16/h2-8H,9H2,1H3,(H,18,19). The van der Waals surface area contributed by atoms with Crippen LogP contribution in [0.3, 0.4) is 0 Å². The van der Waals surface area contributed by atoms with Gasteiger partial charge in [0.05, 0.1) is 0 Å². The topological polar surface area (TPSA) is 29.1 Å². The van der Waals surface area contributed by atoms with Crippen LogP contribution in [0.25, 0.3) is 0 Å². The molecule has 98 valence electrons. The highest BCUT2D eigenvalue weighted by atomic mass is 35.5. The smallest absolute Gasteiger partial charge is 0.255 e. The number of alkyl halides is 1. The van der Waals surface area contributed by atoms with Crippen LogP contribution in [0.4, 0.5) is 10.1 Å². The Kier molecular flexibility index (Phi) is 4.17. The number of halogens is 2. The molecule has 0 radical (unpaired) electrons. The first-order valence-corrected chi connectivity index (χ1v) is 6.36. The molecule has 0 heterocycles. The summed E-state index contributed by atoms with van der Waals surface area (Å²) in [6.45, 7) is 1.67. The lowest BCUT2D eigenvalue weighted by Gasteiger charge is -2.07. The van der Waals surface area contributed by atoms with Gasteiger partial charge in [0, 0.05) is 17.1 Å². The minimum Gasteiger partial charge on any atom is -0.322 e. The lowest BCUT2D eigenvalue weighted by molar-refractivity contribution is 0.102. The van der Waals surface area contributed by atoms with Crippen molar-refractivity contribution in [3.8, 4) is 0 Å². The second-order valence-corrected chi connectivity index (χ2v) is 4.52. The number of rotatable bonds is 3. The summed E-state index contributed by atoms with van der Waals surface area (Å²) in [7, 11) is 0. The van der Waals surface area contributed by atoms with Crippen LogP contribution in [0.1, 0.15) is 21.5 Å². The predicted octanol–water partition coefficient (Wildman–Crippen LogP) is 4.13. The number of anilines is 1. The van der Waals surface area contributed by atoms with Crippen molar-refractivity contribution in [3.05, 3.63) is 65.0 Å². The Morgan fingerprint density at radius 3 is 2.74 bits per heavy atom. The highest BCUT2D eigenvalue weighted by Crippen LogP contribution is 2.15. The maximum absolute atomic E-state index is 13.4. The van der Waals surface area contributed by atoms with Crippen molar-refractivity contribution in [3.63, 3.8) is 0 Å². The second kappa shape index (κ2) is 5.85. The highest BCUT2D eigenvalue weighted by Gasteiger charge is 2.07.